The first-order valence-corrected chi connectivity index (χ1v) is 3.94. The zero-order valence-corrected chi connectivity index (χ0v) is 6.75. The lowest BCUT2D eigenvalue weighted by molar-refractivity contribution is -0.125. The van der Waals surface area contributed by atoms with E-state index in [9.17, 15) is 9.59 Å². The van der Waals surface area contributed by atoms with Crippen molar-refractivity contribution >= 4 is 12.2 Å². The summed E-state index contributed by atoms with van der Waals surface area (Å²) in [5.74, 6) is 0.297. The van der Waals surface area contributed by atoms with Gasteiger partial charge in [0.2, 0.25) is 6.41 Å². The average molecular weight is 155 g/mol. The molecule has 1 fully saturated rings. The molecule has 1 amide bonds. The molecule has 0 aromatic heterocycles. The van der Waals surface area contributed by atoms with Crippen LogP contribution in [0.3, 0.4) is 0 Å². The Morgan fingerprint density at radius 1 is 1.64 bits per heavy atom. The zero-order valence-electron chi connectivity index (χ0n) is 6.75. The third-order valence-electron chi connectivity index (χ3n) is 2.18. The number of ketones is 1. The van der Waals surface area contributed by atoms with E-state index in [2.05, 4.69) is 0 Å². The number of rotatable bonds is 2. The van der Waals surface area contributed by atoms with Crippen LogP contribution in [0.25, 0.3) is 0 Å². The molecule has 3 heteroatoms. The molecule has 0 saturated carbocycles. The summed E-state index contributed by atoms with van der Waals surface area (Å²) in [6, 6.07) is 0. The first-order chi connectivity index (χ1) is 5.24. The molecule has 62 valence electrons. The van der Waals surface area contributed by atoms with E-state index in [1.165, 1.54) is 0 Å². The smallest absolute Gasteiger partial charge is 0.209 e. The van der Waals surface area contributed by atoms with Crippen molar-refractivity contribution in [1.29, 1.82) is 0 Å². The fraction of sp³-hybridized carbons (Fsp3) is 0.750. The highest BCUT2D eigenvalue weighted by Crippen LogP contribution is 2.15. The molecule has 3 nitrogen and oxygen atoms in total. The SMILES string of the molecule is CC(=O)C1CCCN(C=O)C1. The number of hydrogen-bond donors (Lipinski definition) is 0. The molecular formula is C8H13NO2. The summed E-state index contributed by atoms with van der Waals surface area (Å²) in [4.78, 5) is 22.9. The summed E-state index contributed by atoms with van der Waals surface area (Å²) in [7, 11) is 0. The van der Waals surface area contributed by atoms with Gasteiger partial charge in [0.25, 0.3) is 0 Å². The maximum atomic E-state index is 10.9. The topological polar surface area (TPSA) is 37.4 Å². The van der Waals surface area contributed by atoms with Crippen molar-refractivity contribution in [1.82, 2.24) is 4.90 Å². The van der Waals surface area contributed by atoms with Crippen molar-refractivity contribution in [2.45, 2.75) is 19.8 Å². The maximum Gasteiger partial charge on any atom is 0.209 e. The largest absolute Gasteiger partial charge is 0.345 e. The van der Waals surface area contributed by atoms with Crippen molar-refractivity contribution < 1.29 is 9.59 Å². The van der Waals surface area contributed by atoms with Gasteiger partial charge >= 0.3 is 0 Å². The quantitative estimate of drug-likeness (QED) is 0.543. The van der Waals surface area contributed by atoms with E-state index in [1.54, 1.807) is 11.8 Å². The van der Waals surface area contributed by atoms with Crippen molar-refractivity contribution in [2.24, 2.45) is 5.92 Å². The molecule has 0 aliphatic carbocycles. The Morgan fingerprint density at radius 3 is 2.91 bits per heavy atom. The molecule has 0 bridgehead atoms. The molecule has 0 aromatic rings. The molecule has 1 unspecified atom stereocenters. The standard InChI is InChI=1S/C8H13NO2/c1-7(11)8-3-2-4-9(5-8)6-10/h6,8H,2-5H2,1H3. The Labute approximate surface area is 66.4 Å². The summed E-state index contributed by atoms with van der Waals surface area (Å²) in [6.45, 7) is 3.03. The van der Waals surface area contributed by atoms with Crippen LogP contribution in [0.5, 0.6) is 0 Å². The van der Waals surface area contributed by atoms with Crippen LogP contribution in [-0.4, -0.2) is 30.2 Å². The van der Waals surface area contributed by atoms with Crippen molar-refractivity contribution in [2.75, 3.05) is 13.1 Å². The minimum Gasteiger partial charge on any atom is -0.345 e. The Kier molecular flexibility index (Phi) is 2.63. The first-order valence-electron chi connectivity index (χ1n) is 3.94. The van der Waals surface area contributed by atoms with E-state index >= 15 is 0 Å². The van der Waals surface area contributed by atoms with Gasteiger partial charge in [-0.2, -0.15) is 0 Å². The molecule has 1 aliphatic heterocycles. The van der Waals surface area contributed by atoms with E-state index in [1.807, 2.05) is 0 Å². The van der Waals surface area contributed by atoms with Crippen LogP contribution in [-0.2, 0) is 9.59 Å². The van der Waals surface area contributed by atoms with Crippen LogP contribution >= 0.6 is 0 Å². The molecular weight excluding hydrogens is 142 g/mol. The summed E-state index contributed by atoms with van der Waals surface area (Å²) in [5, 5.41) is 0. The van der Waals surface area contributed by atoms with Gasteiger partial charge in [-0.15, -0.1) is 0 Å². The van der Waals surface area contributed by atoms with Crippen LogP contribution < -0.4 is 0 Å². The molecule has 0 spiro atoms. The Bertz CT molecular complexity index is 167. The third kappa shape index (κ3) is 2.03. The van der Waals surface area contributed by atoms with Gasteiger partial charge in [0.15, 0.2) is 0 Å². The number of piperidine rings is 1. The number of likely N-dealkylation sites (tertiary alicyclic amines) is 1. The van der Waals surface area contributed by atoms with Gasteiger partial charge in [-0.3, -0.25) is 9.59 Å². The number of Topliss-reactive ketones (excluding diaryl/α,β-unsaturated/α-hetero) is 1. The highest BCUT2D eigenvalue weighted by Gasteiger charge is 2.21. The van der Waals surface area contributed by atoms with E-state index in [-0.39, 0.29) is 11.7 Å². The van der Waals surface area contributed by atoms with Crippen LogP contribution in [0.1, 0.15) is 19.8 Å². The summed E-state index contributed by atoms with van der Waals surface area (Å²) >= 11 is 0. The third-order valence-corrected chi connectivity index (χ3v) is 2.18. The monoisotopic (exact) mass is 155 g/mol. The van der Waals surface area contributed by atoms with Crippen LogP contribution in [0, 0.1) is 5.92 Å². The normalized spacial score (nSPS) is 24.8. The highest BCUT2D eigenvalue weighted by atomic mass is 16.1. The van der Waals surface area contributed by atoms with Gasteiger partial charge in [0.1, 0.15) is 5.78 Å². The Morgan fingerprint density at radius 2 is 2.36 bits per heavy atom. The number of carbonyl (C=O) groups excluding carboxylic acids is 2. The minimum absolute atomic E-state index is 0.0916. The first kappa shape index (κ1) is 8.24. The van der Waals surface area contributed by atoms with E-state index in [4.69, 9.17) is 0 Å². The molecule has 0 radical (unpaired) electrons. The molecule has 1 heterocycles. The van der Waals surface area contributed by atoms with Gasteiger partial charge in [-0.05, 0) is 19.8 Å². The molecule has 1 saturated heterocycles. The van der Waals surface area contributed by atoms with Crippen LogP contribution in [0.4, 0.5) is 0 Å². The minimum atomic E-state index is 0.0916. The Balaban J connectivity index is 2.45. The summed E-state index contributed by atoms with van der Waals surface area (Å²) < 4.78 is 0. The molecule has 1 rings (SSSR count). The van der Waals surface area contributed by atoms with Crippen LogP contribution in [0.2, 0.25) is 0 Å². The van der Waals surface area contributed by atoms with Gasteiger partial charge in [-0.25, -0.2) is 0 Å². The fourth-order valence-electron chi connectivity index (χ4n) is 1.43. The molecule has 11 heavy (non-hydrogen) atoms. The second kappa shape index (κ2) is 3.51. The van der Waals surface area contributed by atoms with Crippen molar-refractivity contribution in [3.05, 3.63) is 0 Å². The molecule has 0 aromatic carbocycles. The average Bonchev–Trinajstić information content (AvgIpc) is 2.05. The molecule has 1 aliphatic rings. The summed E-state index contributed by atoms with van der Waals surface area (Å²) in [6.07, 6.45) is 2.73. The van der Waals surface area contributed by atoms with Gasteiger partial charge in [0.05, 0.1) is 0 Å². The maximum absolute atomic E-state index is 10.9. The zero-order chi connectivity index (χ0) is 8.27. The number of nitrogens with zero attached hydrogens (tertiary/aromatic N) is 1. The lowest BCUT2D eigenvalue weighted by Crippen LogP contribution is -2.36. The fourth-order valence-corrected chi connectivity index (χ4v) is 1.43. The van der Waals surface area contributed by atoms with Crippen LogP contribution in [0.15, 0.2) is 0 Å². The van der Waals surface area contributed by atoms with Gasteiger partial charge in [-0.1, -0.05) is 0 Å². The van der Waals surface area contributed by atoms with E-state index in [0.29, 0.717) is 6.54 Å². The number of amides is 1. The van der Waals surface area contributed by atoms with Gasteiger partial charge < -0.3 is 4.90 Å². The van der Waals surface area contributed by atoms with Crippen molar-refractivity contribution in [3.63, 3.8) is 0 Å². The lowest BCUT2D eigenvalue weighted by Gasteiger charge is -2.27. The van der Waals surface area contributed by atoms with Crippen molar-refractivity contribution in [3.8, 4) is 0 Å². The predicted molar refractivity (Wildman–Crippen MR) is 41.0 cm³/mol. The second-order valence-corrected chi connectivity index (χ2v) is 3.05. The molecule has 0 N–H and O–H groups in total. The second-order valence-electron chi connectivity index (χ2n) is 3.05. The van der Waals surface area contributed by atoms with E-state index < -0.39 is 0 Å². The summed E-state index contributed by atoms with van der Waals surface area (Å²) in [5.41, 5.74) is 0. The molecule has 1 atom stereocenters. The lowest BCUT2D eigenvalue weighted by atomic mass is 9.95. The van der Waals surface area contributed by atoms with Gasteiger partial charge in [0, 0.05) is 19.0 Å². The number of carbonyl (C=O) groups is 2. The van der Waals surface area contributed by atoms with E-state index in [0.717, 1.165) is 25.8 Å². The number of hydrogen-bond acceptors (Lipinski definition) is 2. The Hall–Kier alpha value is -0.860. The predicted octanol–water partition coefficient (Wildman–Crippen LogP) is 0.444. The highest BCUT2D eigenvalue weighted by molar-refractivity contribution is 5.78.